The van der Waals surface area contributed by atoms with Gasteiger partial charge in [-0.2, -0.15) is 0 Å². The van der Waals surface area contributed by atoms with Gasteiger partial charge in [-0.25, -0.2) is 0 Å². The number of rotatable bonds is 33. The summed E-state index contributed by atoms with van der Waals surface area (Å²) in [6, 6.07) is 0. The standard InChI is InChI=1S/C28H58O8/c1-3-5-7-8-9-10-11-12-14-30-16-18-32-20-22-34-24-26-36-28-27-35-25-23-33-21-19-31-17-15-29-13-6-4-2/h3-28H2,1-2H3. The van der Waals surface area contributed by atoms with Crippen LogP contribution in [0.2, 0.25) is 0 Å². The Morgan fingerprint density at radius 2 is 0.444 bits per heavy atom. The molecule has 0 radical (unpaired) electrons. The van der Waals surface area contributed by atoms with E-state index in [-0.39, 0.29) is 0 Å². The summed E-state index contributed by atoms with van der Waals surface area (Å²) in [5.41, 5.74) is 0. The molecule has 0 aliphatic rings. The lowest BCUT2D eigenvalue weighted by Gasteiger charge is -2.08. The molecule has 0 bridgehead atoms. The summed E-state index contributed by atoms with van der Waals surface area (Å²) in [5.74, 6) is 0. The van der Waals surface area contributed by atoms with Crippen LogP contribution in [-0.2, 0) is 37.9 Å². The average molecular weight is 523 g/mol. The third kappa shape index (κ3) is 33.7. The third-order valence-electron chi connectivity index (χ3n) is 5.39. The zero-order valence-corrected chi connectivity index (χ0v) is 23.7. The van der Waals surface area contributed by atoms with Crippen molar-refractivity contribution in [2.45, 2.75) is 78.1 Å². The molecule has 218 valence electrons. The van der Waals surface area contributed by atoms with Gasteiger partial charge in [-0.05, 0) is 12.8 Å². The van der Waals surface area contributed by atoms with Crippen LogP contribution >= 0.6 is 0 Å². The molecule has 0 saturated carbocycles. The number of unbranched alkanes of at least 4 members (excludes halogenated alkanes) is 8. The molecule has 0 aliphatic carbocycles. The van der Waals surface area contributed by atoms with E-state index in [9.17, 15) is 0 Å². The van der Waals surface area contributed by atoms with E-state index in [0.29, 0.717) is 92.5 Å². The highest BCUT2D eigenvalue weighted by Crippen LogP contribution is 2.08. The van der Waals surface area contributed by atoms with E-state index >= 15 is 0 Å². The van der Waals surface area contributed by atoms with Gasteiger partial charge in [0.1, 0.15) is 0 Å². The van der Waals surface area contributed by atoms with Crippen LogP contribution in [0.15, 0.2) is 0 Å². The van der Waals surface area contributed by atoms with Gasteiger partial charge in [0.2, 0.25) is 0 Å². The van der Waals surface area contributed by atoms with Crippen molar-refractivity contribution >= 4 is 0 Å². The minimum Gasteiger partial charge on any atom is -0.379 e. The first-order valence-electron chi connectivity index (χ1n) is 14.5. The Hall–Kier alpha value is -0.320. The van der Waals surface area contributed by atoms with E-state index < -0.39 is 0 Å². The summed E-state index contributed by atoms with van der Waals surface area (Å²) in [7, 11) is 0. The Morgan fingerprint density at radius 3 is 0.750 bits per heavy atom. The van der Waals surface area contributed by atoms with Crippen LogP contribution in [-0.4, -0.2) is 106 Å². The maximum atomic E-state index is 5.61. The van der Waals surface area contributed by atoms with Gasteiger partial charge in [0.25, 0.3) is 0 Å². The molecule has 0 spiro atoms. The van der Waals surface area contributed by atoms with Gasteiger partial charge in [-0.3, -0.25) is 0 Å². The normalized spacial score (nSPS) is 11.5. The van der Waals surface area contributed by atoms with Crippen molar-refractivity contribution in [1.29, 1.82) is 0 Å². The van der Waals surface area contributed by atoms with Crippen molar-refractivity contribution in [3.05, 3.63) is 0 Å². The number of hydrogen-bond donors (Lipinski definition) is 0. The fraction of sp³-hybridized carbons (Fsp3) is 1.00. The van der Waals surface area contributed by atoms with Gasteiger partial charge in [-0.15, -0.1) is 0 Å². The highest BCUT2D eigenvalue weighted by atomic mass is 16.6. The molecule has 0 aromatic rings. The van der Waals surface area contributed by atoms with Crippen LogP contribution in [0.3, 0.4) is 0 Å². The predicted molar refractivity (Wildman–Crippen MR) is 144 cm³/mol. The van der Waals surface area contributed by atoms with Crippen molar-refractivity contribution in [1.82, 2.24) is 0 Å². The summed E-state index contributed by atoms with van der Waals surface area (Å²) >= 11 is 0. The van der Waals surface area contributed by atoms with Gasteiger partial charge in [0.15, 0.2) is 0 Å². The lowest BCUT2D eigenvalue weighted by molar-refractivity contribution is -0.0232. The Balaban J connectivity index is 3.00. The van der Waals surface area contributed by atoms with E-state index in [0.717, 1.165) is 32.5 Å². The van der Waals surface area contributed by atoms with Crippen molar-refractivity contribution in [2.75, 3.05) is 106 Å². The molecule has 0 N–H and O–H groups in total. The topological polar surface area (TPSA) is 73.8 Å². The van der Waals surface area contributed by atoms with Crippen LogP contribution in [0.25, 0.3) is 0 Å². The SMILES string of the molecule is CCCCCCCCCCOCCOCCOCCOCCOCCOCCOCCOCCCC. The van der Waals surface area contributed by atoms with E-state index in [1.54, 1.807) is 0 Å². The smallest absolute Gasteiger partial charge is 0.0701 e. The van der Waals surface area contributed by atoms with Gasteiger partial charge in [0.05, 0.1) is 92.5 Å². The fourth-order valence-corrected chi connectivity index (χ4v) is 3.23. The first kappa shape index (κ1) is 35.7. The van der Waals surface area contributed by atoms with Crippen LogP contribution in [0.4, 0.5) is 0 Å². The molecule has 36 heavy (non-hydrogen) atoms. The minimum atomic E-state index is 0.553. The second kappa shape index (κ2) is 34.7. The molecule has 0 fully saturated rings. The number of ether oxygens (including phenoxy) is 8. The largest absolute Gasteiger partial charge is 0.379 e. The summed E-state index contributed by atoms with van der Waals surface area (Å²) < 4.78 is 43.9. The van der Waals surface area contributed by atoms with Crippen LogP contribution < -0.4 is 0 Å². The predicted octanol–water partition coefficient (Wildman–Crippen LogP) is 5.06. The molecular weight excluding hydrogens is 464 g/mol. The molecule has 0 amide bonds. The molecule has 0 aromatic carbocycles. The monoisotopic (exact) mass is 522 g/mol. The Kier molecular flexibility index (Phi) is 34.4. The second-order valence-corrected chi connectivity index (χ2v) is 8.73. The first-order valence-corrected chi connectivity index (χ1v) is 14.5. The molecule has 0 unspecified atom stereocenters. The molecule has 0 heterocycles. The molecule has 0 saturated heterocycles. The molecule has 0 rings (SSSR count). The van der Waals surface area contributed by atoms with E-state index in [4.69, 9.17) is 37.9 Å². The maximum absolute atomic E-state index is 5.61. The molecule has 0 atom stereocenters. The first-order chi connectivity index (χ1) is 17.9. The number of hydrogen-bond acceptors (Lipinski definition) is 8. The quantitative estimate of drug-likeness (QED) is 0.111. The van der Waals surface area contributed by atoms with Crippen LogP contribution in [0.1, 0.15) is 78.1 Å². The van der Waals surface area contributed by atoms with Gasteiger partial charge in [0, 0.05) is 13.2 Å². The minimum absolute atomic E-state index is 0.553. The van der Waals surface area contributed by atoms with Gasteiger partial charge >= 0.3 is 0 Å². The molecule has 0 aliphatic heterocycles. The lowest BCUT2D eigenvalue weighted by atomic mass is 10.1. The van der Waals surface area contributed by atoms with Gasteiger partial charge < -0.3 is 37.9 Å². The van der Waals surface area contributed by atoms with Crippen molar-refractivity contribution in [3.8, 4) is 0 Å². The van der Waals surface area contributed by atoms with Crippen molar-refractivity contribution in [2.24, 2.45) is 0 Å². The Labute approximate surface area is 222 Å². The van der Waals surface area contributed by atoms with Crippen LogP contribution in [0.5, 0.6) is 0 Å². The van der Waals surface area contributed by atoms with E-state index in [2.05, 4.69) is 13.8 Å². The average Bonchev–Trinajstić information content (AvgIpc) is 2.89. The summed E-state index contributed by atoms with van der Waals surface area (Å²) in [4.78, 5) is 0. The van der Waals surface area contributed by atoms with Gasteiger partial charge in [-0.1, -0.05) is 65.2 Å². The summed E-state index contributed by atoms with van der Waals surface area (Å²) in [5, 5.41) is 0. The van der Waals surface area contributed by atoms with E-state index in [1.807, 2.05) is 0 Å². The second-order valence-electron chi connectivity index (χ2n) is 8.73. The highest BCUT2D eigenvalue weighted by molar-refractivity contribution is 4.46. The maximum Gasteiger partial charge on any atom is 0.0701 e. The molecule has 0 aromatic heterocycles. The molecule has 8 heteroatoms. The van der Waals surface area contributed by atoms with Crippen molar-refractivity contribution in [3.63, 3.8) is 0 Å². The summed E-state index contributed by atoms with van der Waals surface area (Å²) in [6.07, 6.45) is 12.9. The molecular formula is C28H58O8. The lowest BCUT2D eigenvalue weighted by Crippen LogP contribution is -2.15. The van der Waals surface area contributed by atoms with Crippen LogP contribution in [0, 0.1) is 0 Å². The third-order valence-corrected chi connectivity index (χ3v) is 5.39. The zero-order chi connectivity index (χ0) is 26.0. The zero-order valence-electron chi connectivity index (χ0n) is 23.7. The fourth-order valence-electron chi connectivity index (χ4n) is 3.23. The highest BCUT2D eigenvalue weighted by Gasteiger charge is 1.96. The van der Waals surface area contributed by atoms with E-state index in [1.165, 1.54) is 44.9 Å². The molecule has 8 nitrogen and oxygen atoms in total. The Bertz CT molecular complexity index is 339. The summed E-state index contributed by atoms with van der Waals surface area (Å²) in [6.45, 7) is 14.3. The Morgan fingerprint density at radius 1 is 0.222 bits per heavy atom. The van der Waals surface area contributed by atoms with Crippen molar-refractivity contribution < 1.29 is 37.9 Å².